The van der Waals surface area contributed by atoms with Crippen LogP contribution in [0.15, 0.2) is 72.2 Å². The summed E-state index contributed by atoms with van der Waals surface area (Å²) >= 11 is 0. The highest BCUT2D eigenvalue weighted by Gasteiger charge is 2.13. The summed E-state index contributed by atoms with van der Waals surface area (Å²) in [5.74, 6) is 0. The highest BCUT2D eigenvalue weighted by atomic mass is 16.1. The molecule has 0 spiro atoms. The van der Waals surface area contributed by atoms with Crippen molar-refractivity contribution >= 4 is 28.3 Å². The molecule has 31 heavy (non-hydrogen) atoms. The van der Waals surface area contributed by atoms with Gasteiger partial charge in [-0.05, 0) is 30.0 Å². The van der Waals surface area contributed by atoms with Crippen LogP contribution in [0.25, 0.3) is 27.5 Å². The molecule has 0 amide bonds. The van der Waals surface area contributed by atoms with Gasteiger partial charge in [0, 0.05) is 59.6 Å². The number of hydrogen-bond donors (Lipinski definition) is 2. The van der Waals surface area contributed by atoms with Crippen molar-refractivity contribution in [2.24, 2.45) is 0 Å². The van der Waals surface area contributed by atoms with Crippen LogP contribution >= 0.6 is 0 Å². The van der Waals surface area contributed by atoms with E-state index in [0.29, 0.717) is 23.2 Å². The van der Waals surface area contributed by atoms with Crippen LogP contribution in [0.2, 0.25) is 0 Å². The number of anilines is 1. The number of hydrogen-bond acceptors (Lipinski definition) is 5. The first-order valence-corrected chi connectivity index (χ1v) is 9.86. The average molecular weight is 408 g/mol. The van der Waals surface area contributed by atoms with E-state index in [1.165, 1.54) is 6.21 Å². The van der Waals surface area contributed by atoms with E-state index in [2.05, 4.69) is 9.97 Å². The molecular weight excluding hydrogens is 388 g/mol. The zero-order valence-electron chi connectivity index (χ0n) is 16.9. The van der Waals surface area contributed by atoms with Crippen molar-refractivity contribution in [1.29, 1.82) is 5.41 Å². The van der Waals surface area contributed by atoms with E-state index in [1.54, 1.807) is 29.2 Å². The Hall–Kier alpha value is -4.26. The quantitative estimate of drug-likeness (QED) is 0.350. The minimum atomic E-state index is -0.137. The summed E-state index contributed by atoms with van der Waals surface area (Å²) < 4.78 is 3.61. The van der Waals surface area contributed by atoms with Gasteiger partial charge in [-0.2, -0.15) is 0 Å². The molecule has 0 aliphatic heterocycles. The molecule has 7 heteroatoms. The number of nitrogens with one attached hydrogen (secondary N) is 1. The predicted octanol–water partition coefficient (Wildman–Crippen LogP) is 3.65. The van der Waals surface area contributed by atoms with Crippen LogP contribution < -0.4 is 11.3 Å². The first-order valence-electron chi connectivity index (χ1n) is 9.86. The number of pyridine rings is 3. The number of fused-ring (bicyclic) bond motifs is 2. The van der Waals surface area contributed by atoms with Crippen molar-refractivity contribution in [3.63, 3.8) is 0 Å². The van der Waals surface area contributed by atoms with E-state index in [0.717, 1.165) is 33.4 Å². The molecule has 0 fully saturated rings. The third-order valence-electron chi connectivity index (χ3n) is 5.47. The third-order valence-corrected chi connectivity index (χ3v) is 5.47. The van der Waals surface area contributed by atoms with Crippen LogP contribution in [-0.2, 0) is 6.54 Å². The van der Waals surface area contributed by atoms with Gasteiger partial charge in [-0.25, -0.2) is 4.98 Å². The summed E-state index contributed by atoms with van der Waals surface area (Å²) in [7, 11) is 0. The Morgan fingerprint density at radius 2 is 1.94 bits per heavy atom. The van der Waals surface area contributed by atoms with Crippen LogP contribution in [0.5, 0.6) is 0 Å². The van der Waals surface area contributed by atoms with Crippen molar-refractivity contribution in [2.75, 3.05) is 5.73 Å². The standard InChI is InChI=1S/C24H20N6O/c1-15-5-6-22-28-17(14-30(22)12-15)13-29-8-7-18-20(10-27-11-21(18)24(29)31)19-4-2-3-16(9-25)23(19)26/h2-12,14,25H,13,26H2,1H3. The molecule has 4 aromatic heterocycles. The summed E-state index contributed by atoms with van der Waals surface area (Å²) in [5.41, 5.74) is 11.6. The zero-order chi connectivity index (χ0) is 21.5. The smallest absolute Gasteiger partial charge is 0.260 e. The Morgan fingerprint density at radius 1 is 1.06 bits per heavy atom. The molecule has 5 rings (SSSR count). The van der Waals surface area contributed by atoms with E-state index in [9.17, 15) is 4.79 Å². The molecule has 3 N–H and O–H groups in total. The molecule has 1 aromatic carbocycles. The molecule has 152 valence electrons. The molecule has 0 saturated heterocycles. The van der Waals surface area contributed by atoms with Gasteiger partial charge < -0.3 is 20.1 Å². The first-order chi connectivity index (χ1) is 15.0. The summed E-state index contributed by atoms with van der Waals surface area (Å²) in [5, 5.41) is 8.83. The van der Waals surface area contributed by atoms with Crippen molar-refractivity contribution in [1.82, 2.24) is 18.9 Å². The molecule has 0 unspecified atom stereocenters. The zero-order valence-corrected chi connectivity index (χ0v) is 16.9. The summed E-state index contributed by atoms with van der Waals surface area (Å²) in [6.45, 7) is 2.40. The molecule has 0 bridgehead atoms. The van der Waals surface area contributed by atoms with E-state index in [1.807, 2.05) is 54.0 Å². The maximum absolute atomic E-state index is 13.2. The minimum Gasteiger partial charge on any atom is -0.398 e. The first kappa shape index (κ1) is 18.7. The molecular formula is C24H20N6O. The third kappa shape index (κ3) is 3.16. The molecule has 5 aromatic rings. The average Bonchev–Trinajstić information content (AvgIpc) is 3.17. The van der Waals surface area contributed by atoms with Crippen LogP contribution in [0, 0.1) is 12.3 Å². The number of benzene rings is 1. The molecule has 0 aliphatic rings. The van der Waals surface area contributed by atoms with Crippen molar-refractivity contribution in [3.05, 3.63) is 94.6 Å². The largest absolute Gasteiger partial charge is 0.398 e. The van der Waals surface area contributed by atoms with Gasteiger partial charge in [0.05, 0.1) is 17.6 Å². The second kappa shape index (κ2) is 7.21. The lowest BCUT2D eigenvalue weighted by molar-refractivity contribution is 0.752. The molecule has 0 saturated carbocycles. The number of nitrogens with two attached hydrogens (primary N) is 1. The summed E-state index contributed by atoms with van der Waals surface area (Å²) in [4.78, 5) is 22.1. The molecule has 0 atom stereocenters. The lowest BCUT2D eigenvalue weighted by Crippen LogP contribution is -2.20. The van der Waals surface area contributed by atoms with Gasteiger partial charge >= 0.3 is 0 Å². The molecule has 7 nitrogen and oxygen atoms in total. The van der Waals surface area contributed by atoms with Gasteiger partial charge in [-0.15, -0.1) is 0 Å². The Morgan fingerprint density at radius 3 is 2.77 bits per heavy atom. The van der Waals surface area contributed by atoms with E-state index < -0.39 is 0 Å². The summed E-state index contributed by atoms with van der Waals surface area (Å²) in [6, 6.07) is 11.4. The molecule has 0 aliphatic carbocycles. The van der Waals surface area contributed by atoms with Crippen molar-refractivity contribution in [3.8, 4) is 11.1 Å². The number of nitrogens with zero attached hydrogens (tertiary/aromatic N) is 4. The fourth-order valence-corrected chi connectivity index (χ4v) is 3.90. The second-order valence-corrected chi connectivity index (χ2v) is 7.55. The second-order valence-electron chi connectivity index (χ2n) is 7.55. The number of nitrogen functional groups attached to an aromatic ring is 1. The van der Waals surface area contributed by atoms with Crippen LogP contribution in [-0.4, -0.2) is 25.2 Å². The maximum atomic E-state index is 13.2. The number of imidazole rings is 1. The Labute approximate surface area is 177 Å². The van der Waals surface area contributed by atoms with Gasteiger partial charge in [-0.3, -0.25) is 9.78 Å². The highest BCUT2D eigenvalue weighted by molar-refractivity contribution is 6.01. The highest BCUT2D eigenvalue weighted by Crippen LogP contribution is 2.32. The van der Waals surface area contributed by atoms with Gasteiger partial charge in [-0.1, -0.05) is 24.3 Å². The predicted molar refractivity (Wildman–Crippen MR) is 123 cm³/mol. The minimum absolute atomic E-state index is 0.137. The van der Waals surface area contributed by atoms with Crippen LogP contribution in [0.3, 0.4) is 0 Å². The van der Waals surface area contributed by atoms with Gasteiger partial charge in [0.25, 0.3) is 5.56 Å². The Balaban J connectivity index is 1.60. The summed E-state index contributed by atoms with van der Waals surface area (Å²) in [6.07, 6.45) is 10.2. The maximum Gasteiger partial charge on any atom is 0.260 e. The van der Waals surface area contributed by atoms with E-state index >= 15 is 0 Å². The van der Waals surface area contributed by atoms with Gasteiger partial charge in [0.15, 0.2) is 0 Å². The Bertz CT molecular complexity index is 1530. The van der Waals surface area contributed by atoms with E-state index in [4.69, 9.17) is 11.1 Å². The lowest BCUT2D eigenvalue weighted by atomic mass is 9.98. The number of para-hydroxylation sites is 1. The van der Waals surface area contributed by atoms with Crippen LogP contribution in [0.1, 0.15) is 16.8 Å². The molecule has 0 radical (unpaired) electrons. The van der Waals surface area contributed by atoms with Gasteiger partial charge in [0.2, 0.25) is 0 Å². The SMILES string of the molecule is Cc1ccc2nc(Cn3ccc4c(-c5cccc(C=N)c5N)cncc4c3=O)cn2c1. The number of aryl methyl sites for hydroxylation is 1. The normalized spacial score (nSPS) is 11.3. The monoisotopic (exact) mass is 408 g/mol. The number of aromatic nitrogens is 4. The van der Waals surface area contributed by atoms with Crippen molar-refractivity contribution < 1.29 is 0 Å². The molecule has 4 heterocycles. The topological polar surface area (TPSA) is 102 Å². The fraction of sp³-hybridized carbons (Fsp3) is 0.0833. The van der Waals surface area contributed by atoms with Gasteiger partial charge in [0.1, 0.15) is 5.65 Å². The fourth-order valence-electron chi connectivity index (χ4n) is 3.90. The van der Waals surface area contributed by atoms with Crippen molar-refractivity contribution in [2.45, 2.75) is 13.5 Å². The lowest BCUT2D eigenvalue weighted by Gasteiger charge is -2.12. The number of rotatable bonds is 4. The van der Waals surface area contributed by atoms with Crippen LogP contribution in [0.4, 0.5) is 5.69 Å². The Kier molecular flexibility index (Phi) is 4.36. The van der Waals surface area contributed by atoms with E-state index in [-0.39, 0.29) is 5.56 Å².